The zero-order valence-electron chi connectivity index (χ0n) is 5.73. The van der Waals surface area contributed by atoms with Crippen molar-refractivity contribution in [3.05, 3.63) is 20.7 Å². The molecule has 0 fully saturated rings. The Morgan fingerprint density at radius 3 is 2.88 bits per heavy atom. The number of thiophene rings is 1. The fourth-order valence-corrected chi connectivity index (χ4v) is 1.31. The van der Waals surface area contributed by atoms with E-state index in [1.807, 2.05) is 6.07 Å². The molecule has 0 saturated heterocycles. The Balaban J connectivity index is 3.34. The summed E-state index contributed by atoms with van der Waals surface area (Å²) in [6.45, 7) is 0. The first kappa shape index (κ1) is 3.65. The Morgan fingerprint density at radius 2 is 2.62 bits per heavy atom. The molecular formula is C5H2BrNS. The second kappa shape index (κ2) is 2.29. The standard InChI is InChI=1S/C5H2BrNS/c6-5-2-1-4(3-7)8-5/h1-2H/i1D,2D,3+1,7+1. The van der Waals surface area contributed by atoms with Gasteiger partial charge in [-0.05, 0) is 28.0 Å². The molecule has 1 aromatic rings. The van der Waals surface area contributed by atoms with Gasteiger partial charge in [0.15, 0.2) is 0 Å². The minimum Gasteiger partial charge on any atom is -0.192 e. The summed E-state index contributed by atoms with van der Waals surface area (Å²) in [6.07, 6.45) is 0. The van der Waals surface area contributed by atoms with Gasteiger partial charge in [-0.15, -0.1) is 11.3 Å². The molecule has 0 spiro atoms. The summed E-state index contributed by atoms with van der Waals surface area (Å²) in [6, 6.07) is 1.95. The number of hydrogen-bond donors (Lipinski definition) is 0. The third-order valence-corrected chi connectivity index (χ3v) is 1.93. The van der Waals surface area contributed by atoms with Gasteiger partial charge in [-0.3, -0.25) is 0 Å². The van der Waals surface area contributed by atoms with Crippen LogP contribution >= 0.6 is 27.3 Å². The molecule has 0 unspecified atom stereocenters. The predicted octanol–water partition coefficient (Wildman–Crippen LogP) is 2.38. The highest BCUT2D eigenvalue weighted by Gasteiger charge is 1.91. The van der Waals surface area contributed by atoms with Crippen molar-refractivity contribution in [3.63, 3.8) is 0 Å². The van der Waals surface area contributed by atoms with Gasteiger partial charge in [-0.2, -0.15) is 5.26 Å². The van der Waals surface area contributed by atoms with E-state index in [2.05, 4.69) is 15.9 Å². The van der Waals surface area contributed by atoms with Crippen LogP contribution < -0.4 is 0 Å². The normalized spacial score (nSPS) is 12.0. The van der Waals surface area contributed by atoms with E-state index < -0.39 is 0 Å². The molecule has 0 N–H and O–H groups in total. The SMILES string of the molecule is [2H]c1c(Br)sc([13C]#[15N])c1[2H]. The molecule has 8 heavy (non-hydrogen) atoms. The molecular weight excluding hydrogens is 188 g/mol. The minimum absolute atomic E-state index is 0.0133. The van der Waals surface area contributed by atoms with E-state index in [0.29, 0.717) is 3.79 Å². The number of halogens is 1. The summed E-state index contributed by atoms with van der Waals surface area (Å²) in [4.78, 5) is 0.289. The fraction of sp³-hybridized carbons (Fsp3) is 0. The smallest absolute Gasteiger partial charge is 0.110 e. The second-order valence-electron chi connectivity index (χ2n) is 1.07. The molecule has 1 nitrogen and oxygen atoms in total. The lowest BCUT2D eigenvalue weighted by molar-refractivity contribution is 1.52. The summed E-state index contributed by atoms with van der Waals surface area (Å²) in [7, 11) is 0. The van der Waals surface area contributed by atoms with Crippen LogP contribution in [0.3, 0.4) is 0 Å². The summed E-state index contributed by atoms with van der Waals surface area (Å²) in [5.74, 6) is 0. The lowest BCUT2D eigenvalue weighted by atomic mass is 10.6. The zero-order valence-corrected chi connectivity index (χ0v) is 6.14. The molecule has 0 bridgehead atoms. The highest BCUT2D eigenvalue weighted by atomic mass is 79.9. The van der Waals surface area contributed by atoms with Gasteiger partial charge < -0.3 is 0 Å². The van der Waals surface area contributed by atoms with Gasteiger partial charge >= 0.3 is 0 Å². The van der Waals surface area contributed by atoms with Crippen LogP contribution in [0.25, 0.3) is 0 Å². The largest absolute Gasteiger partial charge is 0.192 e. The first-order valence-corrected chi connectivity index (χ1v) is 3.43. The molecule has 40 valence electrons. The molecule has 0 aromatic carbocycles. The van der Waals surface area contributed by atoms with Crippen molar-refractivity contribution in [1.82, 2.24) is 0 Å². The highest BCUT2D eigenvalue weighted by Crippen LogP contribution is 2.20. The quantitative estimate of drug-likeness (QED) is 0.457. The van der Waals surface area contributed by atoms with Crippen LogP contribution in [0.5, 0.6) is 0 Å². The van der Waals surface area contributed by atoms with Crippen LogP contribution in [-0.2, 0) is 0 Å². The maximum atomic E-state index is 8.39. The summed E-state index contributed by atoms with van der Waals surface area (Å²) in [5.41, 5.74) is 0. The van der Waals surface area contributed by atoms with Crippen LogP contribution in [-0.4, -0.2) is 0 Å². The van der Waals surface area contributed by atoms with E-state index in [0.717, 1.165) is 11.3 Å². The van der Waals surface area contributed by atoms with Crippen molar-refractivity contribution in [2.75, 3.05) is 0 Å². The Morgan fingerprint density at radius 1 is 1.88 bits per heavy atom. The van der Waals surface area contributed by atoms with E-state index in [4.69, 9.17) is 8.00 Å². The van der Waals surface area contributed by atoms with Gasteiger partial charge in [-0.1, -0.05) is 0 Å². The second-order valence-corrected chi connectivity index (χ2v) is 3.41. The third-order valence-electron chi connectivity index (χ3n) is 0.568. The van der Waals surface area contributed by atoms with Crippen molar-refractivity contribution < 1.29 is 2.74 Å². The molecule has 0 amide bonds. The van der Waals surface area contributed by atoms with E-state index in [9.17, 15) is 0 Å². The molecule has 0 aliphatic heterocycles. The lowest BCUT2D eigenvalue weighted by Gasteiger charge is -1.67. The van der Waals surface area contributed by atoms with Gasteiger partial charge in [0.25, 0.3) is 0 Å². The minimum atomic E-state index is 0.0133. The highest BCUT2D eigenvalue weighted by molar-refractivity contribution is 9.11. The number of nitrogens with zero attached hydrogens (tertiary/aromatic N) is 1. The summed E-state index contributed by atoms with van der Waals surface area (Å²) < 4.78 is 14.9. The molecule has 0 radical (unpaired) electrons. The van der Waals surface area contributed by atoms with Crippen LogP contribution in [0.4, 0.5) is 0 Å². The Labute approximate surface area is 62.5 Å². The first-order valence-electron chi connectivity index (χ1n) is 2.82. The molecule has 0 aliphatic carbocycles. The average molecular weight is 192 g/mol. The Bertz CT molecular complexity index is 301. The first-order chi connectivity index (χ1) is 4.66. The van der Waals surface area contributed by atoms with Crippen LogP contribution in [0.15, 0.2) is 15.9 Å². The Hall–Kier alpha value is -0.330. The van der Waals surface area contributed by atoms with Crippen molar-refractivity contribution in [2.24, 2.45) is 0 Å². The van der Waals surface area contributed by atoms with E-state index >= 15 is 0 Å². The fourth-order valence-electron chi connectivity index (χ4n) is 0.297. The predicted molar refractivity (Wildman–Crippen MR) is 36.7 cm³/mol. The van der Waals surface area contributed by atoms with Crippen molar-refractivity contribution in [1.29, 1.82) is 5.26 Å². The van der Waals surface area contributed by atoms with E-state index in [1.165, 1.54) is 0 Å². The molecule has 0 aliphatic rings. The maximum Gasteiger partial charge on any atom is 0.110 e. The van der Waals surface area contributed by atoms with Crippen LogP contribution in [0.2, 0.25) is 0 Å². The van der Waals surface area contributed by atoms with Gasteiger partial charge in [-0.25, -0.2) is 0 Å². The molecule has 1 heterocycles. The summed E-state index contributed by atoms with van der Waals surface area (Å²) >= 11 is 4.19. The topological polar surface area (TPSA) is 23.8 Å². The van der Waals surface area contributed by atoms with Crippen molar-refractivity contribution in [2.45, 2.75) is 0 Å². The van der Waals surface area contributed by atoms with Gasteiger partial charge in [0, 0.05) is 0 Å². The van der Waals surface area contributed by atoms with Gasteiger partial charge in [0.1, 0.15) is 10.9 Å². The maximum absolute atomic E-state index is 8.39. The molecule has 0 atom stereocenters. The third kappa shape index (κ3) is 1.09. The van der Waals surface area contributed by atoms with Crippen LogP contribution in [0, 0.1) is 11.3 Å². The number of rotatable bonds is 0. The van der Waals surface area contributed by atoms with Crippen molar-refractivity contribution >= 4 is 27.3 Å². The summed E-state index contributed by atoms with van der Waals surface area (Å²) in [5, 5.41) is 8.39. The van der Waals surface area contributed by atoms with Gasteiger partial charge in [0.2, 0.25) is 0 Å². The zero-order chi connectivity index (χ0) is 7.72. The average Bonchev–Trinajstić information content (AvgIpc) is 2.17. The van der Waals surface area contributed by atoms with Gasteiger partial charge in [0.05, 0.1) is 6.53 Å². The molecule has 3 heteroatoms. The number of nitriles is 1. The lowest BCUT2D eigenvalue weighted by Crippen LogP contribution is -1.50. The molecule has 1 aromatic heterocycles. The molecule has 1 rings (SSSR count). The molecule has 0 saturated carbocycles. The van der Waals surface area contributed by atoms with E-state index in [1.54, 1.807) is 0 Å². The number of hydrogen-bond acceptors (Lipinski definition) is 2. The van der Waals surface area contributed by atoms with Crippen LogP contribution in [0.1, 0.15) is 7.62 Å². The van der Waals surface area contributed by atoms with Crippen molar-refractivity contribution in [3.8, 4) is 6.07 Å². The monoisotopic (exact) mass is 191 g/mol. The Kier molecular flexibility index (Phi) is 1.05. The van der Waals surface area contributed by atoms with E-state index in [-0.39, 0.29) is 17.0 Å².